The van der Waals surface area contributed by atoms with E-state index >= 15 is 0 Å². The quantitative estimate of drug-likeness (QED) is 0.859. The van der Waals surface area contributed by atoms with Crippen molar-refractivity contribution in [1.29, 1.82) is 0 Å². The summed E-state index contributed by atoms with van der Waals surface area (Å²) in [5, 5.41) is 6.49. The summed E-state index contributed by atoms with van der Waals surface area (Å²) in [5.74, 6) is 0.354. The molecule has 3 atom stereocenters. The normalized spacial score (nSPS) is 25.4. The van der Waals surface area contributed by atoms with Gasteiger partial charge in [-0.25, -0.2) is 0 Å². The van der Waals surface area contributed by atoms with Crippen LogP contribution in [0.5, 0.6) is 0 Å². The first-order valence-corrected chi connectivity index (χ1v) is 6.75. The molecule has 3 nitrogen and oxygen atoms in total. The number of benzene rings is 1. The lowest BCUT2D eigenvalue weighted by atomic mass is 9.92. The molecule has 1 aromatic rings. The third-order valence-electron chi connectivity index (χ3n) is 3.65. The molecule has 1 aliphatic heterocycles. The minimum absolute atomic E-state index is 0.0869. The first-order chi connectivity index (χ1) is 8.66. The lowest BCUT2D eigenvalue weighted by molar-refractivity contribution is -0.126. The Bertz CT molecular complexity index is 391. The monoisotopic (exact) mass is 246 g/mol. The number of carbonyl (C=O) groups is 1. The molecule has 0 saturated carbocycles. The van der Waals surface area contributed by atoms with E-state index in [1.54, 1.807) is 0 Å². The Hall–Kier alpha value is -1.35. The van der Waals surface area contributed by atoms with E-state index in [0.717, 1.165) is 24.9 Å². The highest BCUT2D eigenvalue weighted by atomic mass is 16.1. The van der Waals surface area contributed by atoms with Gasteiger partial charge in [-0.3, -0.25) is 4.79 Å². The molecule has 0 radical (unpaired) electrons. The van der Waals surface area contributed by atoms with Crippen LogP contribution < -0.4 is 10.6 Å². The van der Waals surface area contributed by atoms with E-state index in [4.69, 9.17) is 0 Å². The zero-order chi connectivity index (χ0) is 13.0. The Morgan fingerprint density at radius 1 is 1.39 bits per heavy atom. The molecule has 98 valence electrons. The molecule has 1 unspecified atom stereocenters. The van der Waals surface area contributed by atoms with Crippen molar-refractivity contribution in [2.75, 3.05) is 6.54 Å². The molecule has 1 fully saturated rings. The Balaban J connectivity index is 1.91. The topological polar surface area (TPSA) is 41.1 Å². The van der Waals surface area contributed by atoms with Crippen LogP contribution in [0.25, 0.3) is 0 Å². The number of hydrogen-bond acceptors (Lipinski definition) is 2. The predicted molar refractivity (Wildman–Crippen MR) is 73.2 cm³/mol. The van der Waals surface area contributed by atoms with Gasteiger partial charge in [0.1, 0.15) is 0 Å². The minimum atomic E-state index is 0.0869. The first kappa shape index (κ1) is 13.1. The summed E-state index contributed by atoms with van der Waals surface area (Å²) >= 11 is 0. The molecule has 0 aliphatic carbocycles. The lowest BCUT2D eigenvalue weighted by Crippen LogP contribution is -2.42. The SMILES string of the molecule is CC(NC(=O)[C@H]1CCN[C@@H](C)C1)c1ccccc1. The number of carbonyl (C=O) groups excluding carboxylic acids is 1. The van der Waals surface area contributed by atoms with E-state index in [9.17, 15) is 4.79 Å². The summed E-state index contributed by atoms with van der Waals surface area (Å²) < 4.78 is 0. The van der Waals surface area contributed by atoms with Gasteiger partial charge in [-0.2, -0.15) is 0 Å². The number of nitrogens with one attached hydrogen (secondary N) is 2. The molecule has 3 heteroatoms. The van der Waals surface area contributed by atoms with Crippen molar-refractivity contribution < 1.29 is 4.79 Å². The predicted octanol–water partition coefficient (Wildman–Crippen LogP) is 2.25. The van der Waals surface area contributed by atoms with E-state index in [-0.39, 0.29) is 17.9 Å². The van der Waals surface area contributed by atoms with E-state index in [1.165, 1.54) is 0 Å². The van der Waals surface area contributed by atoms with Crippen molar-refractivity contribution in [3.05, 3.63) is 35.9 Å². The van der Waals surface area contributed by atoms with Crippen molar-refractivity contribution in [3.8, 4) is 0 Å². The van der Waals surface area contributed by atoms with Gasteiger partial charge in [0.15, 0.2) is 0 Å². The fourth-order valence-electron chi connectivity index (χ4n) is 2.53. The molecule has 2 N–H and O–H groups in total. The van der Waals surface area contributed by atoms with Gasteiger partial charge < -0.3 is 10.6 Å². The lowest BCUT2D eigenvalue weighted by Gasteiger charge is -2.28. The van der Waals surface area contributed by atoms with Gasteiger partial charge in [-0.1, -0.05) is 30.3 Å². The van der Waals surface area contributed by atoms with Gasteiger partial charge in [-0.05, 0) is 38.8 Å². The van der Waals surface area contributed by atoms with Crippen molar-refractivity contribution in [3.63, 3.8) is 0 Å². The van der Waals surface area contributed by atoms with Gasteiger partial charge in [0, 0.05) is 12.0 Å². The minimum Gasteiger partial charge on any atom is -0.349 e. The molecule has 1 amide bonds. The van der Waals surface area contributed by atoms with Crippen LogP contribution in [-0.4, -0.2) is 18.5 Å². The zero-order valence-electron chi connectivity index (χ0n) is 11.1. The van der Waals surface area contributed by atoms with Crippen LogP contribution in [0.2, 0.25) is 0 Å². The summed E-state index contributed by atoms with van der Waals surface area (Å²) in [7, 11) is 0. The fourth-order valence-corrected chi connectivity index (χ4v) is 2.53. The third-order valence-corrected chi connectivity index (χ3v) is 3.65. The fraction of sp³-hybridized carbons (Fsp3) is 0.533. The van der Waals surface area contributed by atoms with Crippen molar-refractivity contribution >= 4 is 5.91 Å². The Morgan fingerprint density at radius 3 is 2.78 bits per heavy atom. The average molecular weight is 246 g/mol. The highest BCUT2D eigenvalue weighted by Gasteiger charge is 2.25. The molecule has 1 aliphatic rings. The number of piperidine rings is 1. The number of hydrogen-bond donors (Lipinski definition) is 2. The van der Waals surface area contributed by atoms with Crippen LogP contribution in [-0.2, 0) is 4.79 Å². The maximum atomic E-state index is 12.2. The molecule has 2 rings (SSSR count). The Kier molecular flexibility index (Phi) is 4.37. The van der Waals surface area contributed by atoms with Crippen LogP contribution in [0.3, 0.4) is 0 Å². The zero-order valence-corrected chi connectivity index (χ0v) is 11.1. The standard InChI is InChI=1S/C15H22N2O/c1-11-10-14(8-9-16-11)15(18)17-12(2)13-6-4-3-5-7-13/h3-7,11-12,14,16H,8-10H2,1-2H3,(H,17,18)/t11-,12?,14-/m0/s1. The molecular weight excluding hydrogens is 224 g/mol. The van der Waals surface area contributed by atoms with Crippen LogP contribution in [0.4, 0.5) is 0 Å². The number of amides is 1. The van der Waals surface area contributed by atoms with Gasteiger partial charge in [0.05, 0.1) is 6.04 Å². The average Bonchev–Trinajstić information content (AvgIpc) is 2.39. The van der Waals surface area contributed by atoms with Crippen LogP contribution in [0.15, 0.2) is 30.3 Å². The molecule has 0 aromatic heterocycles. The second kappa shape index (κ2) is 6.01. The summed E-state index contributed by atoms with van der Waals surface area (Å²) in [6, 6.07) is 10.6. The molecular formula is C15H22N2O. The summed E-state index contributed by atoms with van der Waals surface area (Å²) in [6.07, 6.45) is 1.88. The van der Waals surface area contributed by atoms with E-state index in [0.29, 0.717) is 6.04 Å². The Morgan fingerprint density at radius 2 is 2.11 bits per heavy atom. The second-order valence-electron chi connectivity index (χ2n) is 5.22. The molecule has 0 spiro atoms. The van der Waals surface area contributed by atoms with Crippen LogP contribution in [0.1, 0.15) is 38.3 Å². The smallest absolute Gasteiger partial charge is 0.223 e. The summed E-state index contributed by atoms with van der Waals surface area (Å²) in [5.41, 5.74) is 1.16. The van der Waals surface area contributed by atoms with Gasteiger partial charge in [-0.15, -0.1) is 0 Å². The summed E-state index contributed by atoms with van der Waals surface area (Å²) in [6.45, 7) is 5.12. The van der Waals surface area contributed by atoms with Crippen LogP contribution >= 0.6 is 0 Å². The molecule has 1 saturated heterocycles. The molecule has 1 heterocycles. The Labute approximate surface area is 109 Å². The van der Waals surface area contributed by atoms with Crippen LogP contribution in [0, 0.1) is 5.92 Å². The molecule has 1 aromatic carbocycles. The summed E-state index contributed by atoms with van der Waals surface area (Å²) in [4.78, 5) is 12.2. The van der Waals surface area contributed by atoms with Crippen molar-refractivity contribution in [1.82, 2.24) is 10.6 Å². The third kappa shape index (κ3) is 3.33. The molecule has 0 bridgehead atoms. The highest BCUT2D eigenvalue weighted by Crippen LogP contribution is 2.18. The van der Waals surface area contributed by atoms with Gasteiger partial charge in [0.25, 0.3) is 0 Å². The maximum absolute atomic E-state index is 12.2. The largest absolute Gasteiger partial charge is 0.349 e. The van der Waals surface area contributed by atoms with E-state index in [1.807, 2.05) is 25.1 Å². The maximum Gasteiger partial charge on any atom is 0.223 e. The van der Waals surface area contributed by atoms with E-state index in [2.05, 4.69) is 29.7 Å². The van der Waals surface area contributed by atoms with E-state index < -0.39 is 0 Å². The first-order valence-electron chi connectivity index (χ1n) is 6.75. The van der Waals surface area contributed by atoms with Gasteiger partial charge >= 0.3 is 0 Å². The highest BCUT2D eigenvalue weighted by molar-refractivity contribution is 5.79. The van der Waals surface area contributed by atoms with Crippen molar-refractivity contribution in [2.45, 2.75) is 38.8 Å². The van der Waals surface area contributed by atoms with Gasteiger partial charge in [0.2, 0.25) is 5.91 Å². The molecule has 18 heavy (non-hydrogen) atoms. The number of rotatable bonds is 3. The van der Waals surface area contributed by atoms with Crippen molar-refractivity contribution in [2.24, 2.45) is 5.92 Å². The second-order valence-corrected chi connectivity index (χ2v) is 5.22.